The summed E-state index contributed by atoms with van der Waals surface area (Å²) in [6, 6.07) is 15.6. The zero-order valence-electron chi connectivity index (χ0n) is 14.8. The maximum atomic E-state index is 14.1. The van der Waals surface area contributed by atoms with Crippen molar-refractivity contribution in [1.29, 1.82) is 0 Å². The Labute approximate surface area is 170 Å². The van der Waals surface area contributed by atoms with Crippen LogP contribution in [0.3, 0.4) is 0 Å². The zero-order chi connectivity index (χ0) is 19.7. The predicted molar refractivity (Wildman–Crippen MR) is 113 cm³/mol. The molecule has 0 radical (unpaired) electrons. The second-order valence-corrected chi connectivity index (χ2v) is 7.56. The van der Waals surface area contributed by atoms with Gasteiger partial charge in [0.15, 0.2) is 5.17 Å². The second-order valence-electron chi connectivity index (χ2n) is 6.12. The Bertz CT molecular complexity index is 1140. The lowest BCUT2D eigenvalue weighted by molar-refractivity contribution is -0.115. The van der Waals surface area contributed by atoms with Crippen LogP contribution in [0.5, 0.6) is 0 Å². The molecular weight excluding hydrogens is 397 g/mol. The van der Waals surface area contributed by atoms with Gasteiger partial charge in [0.1, 0.15) is 5.82 Å². The van der Waals surface area contributed by atoms with E-state index in [1.807, 2.05) is 25.1 Å². The van der Waals surface area contributed by atoms with Gasteiger partial charge in [-0.15, -0.1) is 0 Å². The molecule has 1 aliphatic rings. The molecule has 28 heavy (non-hydrogen) atoms. The van der Waals surface area contributed by atoms with Gasteiger partial charge >= 0.3 is 0 Å². The van der Waals surface area contributed by atoms with Crippen molar-refractivity contribution in [2.45, 2.75) is 6.92 Å². The number of amidine groups is 1. The molecule has 2 heterocycles. The predicted octanol–water partition coefficient (Wildman–Crippen LogP) is 5.47. The number of halogens is 2. The molecule has 1 saturated heterocycles. The number of rotatable bonds is 3. The number of carbonyl (C=O) groups is 1. The van der Waals surface area contributed by atoms with E-state index in [1.165, 1.54) is 17.8 Å². The average molecular weight is 412 g/mol. The number of thioether (sulfide) groups is 1. The Morgan fingerprint density at radius 3 is 2.79 bits per heavy atom. The number of aliphatic imine (C=N–C) groups is 1. The van der Waals surface area contributed by atoms with Gasteiger partial charge < -0.3 is 9.88 Å². The molecule has 2 aromatic carbocycles. The van der Waals surface area contributed by atoms with Crippen LogP contribution in [0.1, 0.15) is 11.3 Å². The van der Waals surface area contributed by atoms with Crippen molar-refractivity contribution in [3.05, 3.63) is 87.8 Å². The van der Waals surface area contributed by atoms with E-state index in [2.05, 4.69) is 10.3 Å². The van der Waals surface area contributed by atoms with Crippen molar-refractivity contribution < 1.29 is 9.18 Å². The fourth-order valence-electron chi connectivity index (χ4n) is 2.82. The minimum atomic E-state index is -0.333. The Morgan fingerprint density at radius 2 is 1.96 bits per heavy atom. The van der Waals surface area contributed by atoms with E-state index in [0.717, 1.165) is 5.56 Å². The summed E-state index contributed by atoms with van der Waals surface area (Å²) >= 11 is 7.37. The molecule has 1 N–H and O–H groups in total. The van der Waals surface area contributed by atoms with Crippen molar-refractivity contribution in [2.24, 2.45) is 4.99 Å². The third-order valence-corrected chi connectivity index (χ3v) is 5.60. The van der Waals surface area contributed by atoms with Gasteiger partial charge in [-0.3, -0.25) is 4.79 Å². The SMILES string of the molecule is Cc1c(Cl)cccc1N=C1NC(=O)/C(=C\c2cccn2-c2ccccc2F)S1. The van der Waals surface area contributed by atoms with E-state index in [9.17, 15) is 9.18 Å². The van der Waals surface area contributed by atoms with Crippen LogP contribution in [0.25, 0.3) is 11.8 Å². The van der Waals surface area contributed by atoms with Gasteiger partial charge in [0.05, 0.1) is 16.3 Å². The third kappa shape index (κ3) is 3.61. The topological polar surface area (TPSA) is 46.4 Å². The number of benzene rings is 2. The summed E-state index contributed by atoms with van der Waals surface area (Å²) in [7, 11) is 0. The summed E-state index contributed by atoms with van der Waals surface area (Å²) in [5, 5.41) is 3.86. The number of hydrogen-bond acceptors (Lipinski definition) is 3. The van der Waals surface area contributed by atoms with Gasteiger partial charge in [0, 0.05) is 16.9 Å². The highest BCUT2D eigenvalue weighted by atomic mass is 35.5. The Balaban J connectivity index is 1.65. The largest absolute Gasteiger partial charge is 0.314 e. The molecule has 1 amide bonds. The minimum Gasteiger partial charge on any atom is -0.314 e. The fraction of sp³-hybridized carbons (Fsp3) is 0.0476. The summed E-state index contributed by atoms with van der Waals surface area (Å²) in [5.41, 5.74) is 2.66. The lowest BCUT2D eigenvalue weighted by Gasteiger charge is -2.07. The van der Waals surface area contributed by atoms with Crippen LogP contribution in [0.2, 0.25) is 5.02 Å². The third-order valence-electron chi connectivity index (χ3n) is 4.28. The van der Waals surface area contributed by atoms with Crippen LogP contribution in [-0.2, 0) is 4.79 Å². The Hall–Kier alpha value is -2.83. The molecule has 0 aliphatic carbocycles. The Kier molecular flexibility index (Phi) is 5.07. The maximum absolute atomic E-state index is 14.1. The number of hydrogen-bond donors (Lipinski definition) is 1. The number of para-hydroxylation sites is 1. The fourth-order valence-corrected chi connectivity index (χ4v) is 3.81. The highest BCUT2D eigenvalue weighted by Gasteiger charge is 2.24. The van der Waals surface area contributed by atoms with Crippen LogP contribution in [0.4, 0.5) is 10.1 Å². The molecule has 0 saturated carbocycles. The molecule has 0 atom stereocenters. The van der Waals surface area contributed by atoms with E-state index >= 15 is 0 Å². The molecule has 1 fully saturated rings. The van der Waals surface area contributed by atoms with Gasteiger partial charge in [-0.2, -0.15) is 0 Å². The number of nitrogens with zero attached hydrogens (tertiary/aromatic N) is 2. The molecule has 1 aliphatic heterocycles. The molecule has 140 valence electrons. The molecule has 4 rings (SSSR count). The van der Waals surface area contributed by atoms with Crippen LogP contribution in [-0.4, -0.2) is 15.6 Å². The summed E-state index contributed by atoms with van der Waals surface area (Å²) < 4.78 is 15.8. The van der Waals surface area contributed by atoms with Gasteiger partial charge in [-0.25, -0.2) is 9.38 Å². The van der Waals surface area contributed by atoms with Gasteiger partial charge in [-0.05, 0) is 66.7 Å². The first-order valence-electron chi connectivity index (χ1n) is 8.50. The van der Waals surface area contributed by atoms with E-state index in [4.69, 9.17) is 11.6 Å². The molecule has 0 spiro atoms. The van der Waals surface area contributed by atoms with Crippen LogP contribution in [0.15, 0.2) is 70.7 Å². The molecule has 3 aromatic rings. The summed E-state index contributed by atoms with van der Waals surface area (Å²) in [6.45, 7) is 1.88. The number of nitrogens with one attached hydrogen (secondary N) is 1. The molecular formula is C21H15ClFN3OS. The molecule has 7 heteroatoms. The Morgan fingerprint density at radius 1 is 1.14 bits per heavy atom. The van der Waals surface area contributed by atoms with Gasteiger partial charge in [0.2, 0.25) is 0 Å². The van der Waals surface area contributed by atoms with Crippen molar-refractivity contribution in [3.63, 3.8) is 0 Å². The first-order valence-corrected chi connectivity index (χ1v) is 9.69. The van der Waals surface area contributed by atoms with E-state index < -0.39 is 0 Å². The number of aromatic nitrogens is 1. The van der Waals surface area contributed by atoms with E-state index in [0.29, 0.717) is 32.2 Å². The highest BCUT2D eigenvalue weighted by molar-refractivity contribution is 8.18. The van der Waals surface area contributed by atoms with E-state index in [1.54, 1.807) is 47.2 Å². The van der Waals surface area contributed by atoms with Crippen molar-refractivity contribution in [2.75, 3.05) is 0 Å². The lowest BCUT2D eigenvalue weighted by atomic mass is 10.2. The standard InChI is InChI=1S/C21H15ClFN3OS/c1-13-15(22)7-4-9-17(13)24-21-25-20(27)19(28-21)12-14-6-5-11-26(14)18-10-3-2-8-16(18)23/h2-12H,1H3,(H,24,25,27)/b19-12+. The maximum Gasteiger partial charge on any atom is 0.264 e. The average Bonchev–Trinajstić information content (AvgIpc) is 3.26. The first kappa shape index (κ1) is 18.5. The highest BCUT2D eigenvalue weighted by Crippen LogP contribution is 2.31. The lowest BCUT2D eigenvalue weighted by Crippen LogP contribution is -2.19. The minimum absolute atomic E-state index is 0.246. The van der Waals surface area contributed by atoms with E-state index in [-0.39, 0.29) is 11.7 Å². The van der Waals surface area contributed by atoms with Crippen molar-refractivity contribution >= 4 is 46.2 Å². The monoisotopic (exact) mass is 411 g/mol. The van der Waals surface area contributed by atoms with Gasteiger partial charge in [0.25, 0.3) is 5.91 Å². The molecule has 0 unspecified atom stereocenters. The summed E-state index contributed by atoms with van der Waals surface area (Å²) in [6.07, 6.45) is 3.48. The molecule has 4 nitrogen and oxygen atoms in total. The van der Waals surface area contributed by atoms with Gasteiger partial charge in [-0.1, -0.05) is 29.8 Å². The first-order chi connectivity index (χ1) is 13.5. The van der Waals surface area contributed by atoms with Crippen LogP contribution >= 0.6 is 23.4 Å². The van der Waals surface area contributed by atoms with Crippen LogP contribution < -0.4 is 5.32 Å². The van der Waals surface area contributed by atoms with Crippen molar-refractivity contribution in [1.82, 2.24) is 9.88 Å². The van der Waals surface area contributed by atoms with Crippen molar-refractivity contribution in [3.8, 4) is 5.69 Å². The summed E-state index contributed by atoms with van der Waals surface area (Å²) in [4.78, 5) is 17.4. The number of amides is 1. The summed E-state index contributed by atoms with van der Waals surface area (Å²) in [5.74, 6) is -0.578. The normalized spacial score (nSPS) is 16.8. The van der Waals surface area contributed by atoms with Crippen LogP contribution in [0, 0.1) is 12.7 Å². The zero-order valence-corrected chi connectivity index (χ0v) is 16.4. The second kappa shape index (κ2) is 7.66. The molecule has 0 bridgehead atoms. The molecule has 1 aromatic heterocycles. The quantitative estimate of drug-likeness (QED) is 0.581. The smallest absolute Gasteiger partial charge is 0.264 e. The number of carbonyl (C=O) groups excluding carboxylic acids is 1.